The van der Waals surface area contributed by atoms with Crippen molar-refractivity contribution in [2.24, 2.45) is 0 Å². The number of nitrogens with two attached hydrogens (primary N) is 1. The largest absolute Gasteiger partial charge is 0.416 e. The maximum Gasteiger partial charge on any atom is 0.416 e. The molecule has 2 aromatic carbocycles. The van der Waals surface area contributed by atoms with Gasteiger partial charge in [0, 0.05) is 30.9 Å². The lowest BCUT2D eigenvalue weighted by Crippen LogP contribution is -2.36. The Morgan fingerprint density at radius 2 is 1.85 bits per heavy atom. The van der Waals surface area contributed by atoms with E-state index in [0.717, 1.165) is 18.8 Å². The van der Waals surface area contributed by atoms with Crippen molar-refractivity contribution in [2.45, 2.75) is 19.6 Å². The van der Waals surface area contributed by atoms with E-state index in [1.54, 1.807) is 29.6 Å². The van der Waals surface area contributed by atoms with Gasteiger partial charge < -0.3 is 21.1 Å². The van der Waals surface area contributed by atoms with Crippen molar-refractivity contribution in [3.63, 3.8) is 0 Å². The van der Waals surface area contributed by atoms with E-state index < -0.39 is 29.3 Å². The van der Waals surface area contributed by atoms with Crippen LogP contribution in [0.1, 0.15) is 16.8 Å². The van der Waals surface area contributed by atoms with Crippen LogP contribution in [0.15, 0.2) is 42.7 Å². The molecule has 1 aliphatic rings. The number of ether oxygens (including phenoxy) is 1. The van der Waals surface area contributed by atoms with Gasteiger partial charge in [0.25, 0.3) is 0 Å². The molecule has 0 bridgehead atoms. The van der Waals surface area contributed by atoms with Gasteiger partial charge in [-0.2, -0.15) is 18.3 Å². The third-order valence-electron chi connectivity index (χ3n) is 6.57. The number of morpholine rings is 1. The van der Waals surface area contributed by atoms with Gasteiger partial charge in [-0.25, -0.2) is 18.7 Å². The number of nitrogen functional groups attached to an aromatic ring is 1. The Morgan fingerprint density at radius 1 is 1.12 bits per heavy atom. The molecule has 0 aliphatic carbocycles. The summed E-state index contributed by atoms with van der Waals surface area (Å²) >= 11 is 6.91. The monoisotopic (exact) mass is 577 g/mol. The molecular weight excluding hydrogens is 554 g/mol. The fraction of sp³-hybridized carbons (Fsp3) is 0.269. The first-order chi connectivity index (χ1) is 19.0. The van der Waals surface area contributed by atoms with Gasteiger partial charge in [-0.05, 0) is 48.4 Å². The number of carbonyl (C=O) groups excluding carboxylic acids is 1. The van der Waals surface area contributed by atoms with Crippen LogP contribution < -0.4 is 16.4 Å². The van der Waals surface area contributed by atoms with Crippen molar-refractivity contribution in [2.75, 3.05) is 42.7 Å². The first-order valence-electron chi connectivity index (χ1n) is 12.2. The predicted molar refractivity (Wildman–Crippen MR) is 143 cm³/mol. The predicted octanol–water partition coefficient (Wildman–Crippen LogP) is 5.57. The van der Waals surface area contributed by atoms with E-state index in [4.69, 9.17) is 22.1 Å². The summed E-state index contributed by atoms with van der Waals surface area (Å²) in [5.74, 6) is -0.763. The van der Waals surface area contributed by atoms with Crippen molar-refractivity contribution in [1.82, 2.24) is 19.5 Å². The average molecular weight is 578 g/mol. The zero-order valence-corrected chi connectivity index (χ0v) is 21.9. The zero-order valence-electron chi connectivity index (χ0n) is 21.1. The molecule has 9 nitrogen and oxygen atoms in total. The number of hydrogen-bond acceptors (Lipinski definition) is 6. The van der Waals surface area contributed by atoms with E-state index in [2.05, 4.69) is 25.6 Å². The molecule has 1 fully saturated rings. The number of hydrogen-bond donors (Lipinski definition) is 3. The fourth-order valence-corrected chi connectivity index (χ4v) is 4.89. The standard InChI is InChI=1S/C26H24ClF4N7O2/c1-14-10-15(2-5-18(14)35-25(39)36-19-11-16(26(29,30)31)3-4-17(19)28)21-22(27)20(12-37-6-8-40-9-7-37)38-23(21)24(32)33-13-34-38/h2-5,10-11,13H,6-9,12H2,1H3,(H2,32,33,34)(H2,35,36,39). The van der Waals surface area contributed by atoms with Crippen molar-refractivity contribution in [3.8, 4) is 11.1 Å². The molecule has 210 valence electrons. The Hall–Kier alpha value is -3.94. The second-order valence-corrected chi connectivity index (χ2v) is 9.61. The summed E-state index contributed by atoms with van der Waals surface area (Å²) in [4.78, 5) is 18.9. The third-order valence-corrected chi connectivity index (χ3v) is 6.97. The van der Waals surface area contributed by atoms with Crippen molar-refractivity contribution < 1.29 is 27.1 Å². The van der Waals surface area contributed by atoms with Crippen LogP contribution in [0, 0.1) is 12.7 Å². The van der Waals surface area contributed by atoms with E-state index in [1.165, 1.54) is 6.33 Å². The minimum Gasteiger partial charge on any atom is -0.382 e. The van der Waals surface area contributed by atoms with Gasteiger partial charge in [-0.15, -0.1) is 0 Å². The van der Waals surface area contributed by atoms with Gasteiger partial charge in [0.1, 0.15) is 17.7 Å². The molecular formula is C26H24ClF4N7O2. The fourth-order valence-electron chi connectivity index (χ4n) is 4.55. The van der Waals surface area contributed by atoms with Crippen LogP contribution in [0.3, 0.4) is 0 Å². The number of nitrogens with one attached hydrogen (secondary N) is 2. The summed E-state index contributed by atoms with van der Waals surface area (Å²) in [6, 6.07) is 5.95. The Bertz CT molecular complexity index is 1590. The van der Waals surface area contributed by atoms with Crippen LogP contribution in [0.25, 0.3) is 16.6 Å². The molecule has 4 aromatic rings. The lowest BCUT2D eigenvalue weighted by molar-refractivity contribution is -0.137. The molecule has 40 heavy (non-hydrogen) atoms. The highest BCUT2D eigenvalue weighted by Gasteiger charge is 2.31. The van der Waals surface area contributed by atoms with Crippen LogP contribution in [0.2, 0.25) is 5.02 Å². The molecule has 0 atom stereocenters. The molecule has 4 N–H and O–H groups in total. The van der Waals surface area contributed by atoms with Crippen LogP contribution in [0.5, 0.6) is 0 Å². The number of nitrogens with zero attached hydrogens (tertiary/aromatic N) is 4. The Kier molecular flexibility index (Phi) is 7.53. The molecule has 0 spiro atoms. The number of carbonyl (C=O) groups is 1. The summed E-state index contributed by atoms with van der Waals surface area (Å²) in [6.45, 7) is 4.96. The number of anilines is 3. The van der Waals surface area contributed by atoms with E-state index in [9.17, 15) is 22.4 Å². The molecule has 5 rings (SSSR count). The lowest BCUT2D eigenvalue weighted by Gasteiger charge is -2.26. The molecule has 0 saturated carbocycles. The summed E-state index contributed by atoms with van der Waals surface area (Å²) in [6.07, 6.45) is -3.33. The summed E-state index contributed by atoms with van der Waals surface area (Å²) in [7, 11) is 0. The Balaban J connectivity index is 1.42. The molecule has 3 heterocycles. The highest BCUT2D eigenvalue weighted by atomic mass is 35.5. The molecule has 1 aliphatic heterocycles. The topological polar surface area (TPSA) is 110 Å². The number of alkyl halides is 3. The normalized spacial score (nSPS) is 14.4. The molecule has 0 unspecified atom stereocenters. The molecule has 2 amide bonds. The van der Waals surface area contributed by atoms with E-state index in [0.29, 0.717) is 70.9 Å². The van der Waals surface area contributed by atoms with Gasteiger partial charge in [-0.3, -0.25) is 4.90 Å². The SMILES string of the molecule is Cc1cc(-c2c(Cl)c(CN3CCOCC3)n3ncnc(N)c23)ccc1NC(=O)Nc1cc(C(F)(F)F)ccc1F. The van der Waals surface area contributed by atoms with Crippen molar-refractivity contribution >= 4 is 40.3 Å². The van der Waals surface area contributed by atoms with Crippen LogP contribution in [-0.4, -0.2) is 51.8 Å². The third kappa shape index (κ3) is 5.53. The number of benzene rings is 2. The number of fused-ring (bicyclic) bond motifs is 1. The lowest BCUT2D eigenvalue weighted by atomic mass is 10.0. The van der Waals surface area contributed by atoms with E-state index >= 15 is 0 Å². The Morgan fingerprint density at radius 3 is 2.55 bits per heavy atom. The minimum atomic E-state index is -4.69. The Labute approximate surface area is 230 Å². The number of amides is 2. The van der Waals surface area contributed by atoms with Crippen LogP contribution in [0.4, 0.5) is 39.5 Å². The first-order valence-corrected chi connectivity index (χ1v) is 12.6. The zero-order chi connectivity index (χ0) is 28.6. The molecule has 1 saturated heterocycles. The number of aryl methyl sites for hydroxylation is 1. The minimum absolute atomic E-state index is 0.238. The number of halogens is 5. The van der Waals surface area contributed by atoms with Crippen molar-refractivity contribution in [1.29, 1.82) is 0 Å². The molecule has 14 heteroatoms. The van der Waals surface area contributed by atoms with Crippen LogP contribution in [-0.2, 0) is 17.5 Å². The molecule has 0 radical (unpaired) electrons. The van der Waals surface area contributed by atoms with E-state index in [-0.39, 0.29) is 5.82 Å². The highest BCUT2D eigenvalue weighted by molar-refractivity contribution is 6.35. The maximum atomic E-state index is 14.1. The maximum absolute atomic E-state index is 14.1. The van der Waals surface area contributed by atoms with Gasteiger partial charge in [0.05, 0.1) is 35.2 Å². The summed E-state index contributed by atoms with van der Waals surface area (Å²) in [5, 5.41) is 9.51. The molecule has 2 aromatic heterocycles. The van der Waals surface area contributed by atoms with E-state index in [1.807, 2.05) is 0 Å². The van der Waals surface area contributed by atoms with Gasteiger partial charge >= 0.3 is 12.2 Å². The second-order valence-electron chi connectivity index (χ2n) is 9.23. The number of rotatable bonds is 5. The summed E-state index contributed by atoms with van der Waals surface area (Å²) < 4.78 is 60.2. The second kappa shape index (κ2) is 10.9. The van der Waals surface area contributed by atoms with Gasteiger partial charge in [-0.1, -0.05) is 17.7 Å². The number of aromatic nitrogens is 3. The average Bonchev–Trinajstić information content (AvgIpc) is 3.19. The van der Waals surface area contributed by atoms with Crippen LogP contribution >= 0.6 is 11.6 Å². The highest BCUT2D eigenvalue weighted by Crippen LogP contribution is 2.40. The van der Waals surface area contributed by atoms with Crippen molar-refractivity contribution in [3.05, 3.63) is 70.4 Å². The van der Waals surface area contributed by atoms with Gasteiger partial charge in [0.2, 0.25) is 0 Å². The number of urea groups is 1. The smallest absolute Gasteiger partial charge is 0.382 e. The van der Waals surface area contributed by atoms with Gasteiger partial charge in [0.15, 0.2) is 5.82 Å². The first kappa shape index (κ1) is 27.6. The summed E-state index contributed by atoms with van der Waals surface area (Å²) in [5.41, 5.74) is 8.09. The quantitative estimate of drug-likeness (QED) is 0.267.